The zero-order chi connectivity index (χ0) is 24.4. The van der Waals surface area contributed by atoms with Gasteiger partial charge in [0.1, 0.15) is 5.75 Å². The molecule has 2 fully saturated rings. The van der Waals surface area contributed by atoms with E-state index in [2.05, 4.69) is 44.2 Å². The molecule has 3 aliphatic rings. The number of amides is 1. The molecular formula is C26H31N7O2. The van der Waals surface area contributed by atoms with Gasteiger partial charge >= 0.3 is 0 Å². The quantitative estimate of drug-likeness (QED) is 0.458. The van der Waals surface area contributed by atoms with Crippen molar-refractivity contribution >= 4 is 11.7 Å². The van der Waals surface area contributed by atoms with Crippen LogP contribution in [0.4, 0.5) is 5.82 Å². The van der Waals surface area contributed by atoms with Gasteiger partial charge in [0, 0.05) is 41.5 Å². The monoisotopic (exact) mass is 473 g/mol. The molecule has 5 N–H and O–H groups in total. The summed E-state index contributed by atoms with van der Waals surface area (Å²) in [5, 5.41) is 21.8. The van der Waals surface area contributed by atoms with Crippen LogP contribution < -0.4 is 16.4 Å². The molecule has 2 aromatic heterocycles. The summed E-state index contributed by atoms with van der Waals surface area (Å²) >= 11 is 0. The Morgan fingerprint density at radius 3 is 2.80 bits per heavy atom. The van der Waals surface area contributed by atoms with Crippen molar-refractivity contribution in [3.8, 4) is 28.1 Å². The number of nitrogens with two attached hydrogens (primary N) is 1. The van der Waals surface area contributed by atoms with Crippen LogP contribution in [-0.4, -0.2) is 48.9 Å². The summed E-state index contributed by atoms with van der Waals surface area (Å²) in [5.74, 6) is -0.210. The molecule has 3 aromatic rings. The van der Waals surface area contributed by atoms with Gasteiger partial charge < -0.3 is 21.5 Å². The van der Waals surface area contributed by atoms with Crippen LogP contribution in [0.25, 0.3) is 22.4 Å². The zero-order valence-electron chi connectivity index (χ0n) is 20.1. The second-order valence-corrected chi connectivity index (χ2v) is 11.1. The van der Waals surface area contributed by atoms with E-state index in [1.54, 1.807) is 6.07 Å². The van der Waals surface area contributed by atoms with Crippen molar-refractivity contribution in [2.24, 2.45) is 5.41 Å². The number of benzene rings is 1. The van der Waals surface area contributed by atoms with Crippen molar-refractivity contribution in [2.75, 3.05) is 12.3 Å². The van der Waals surface area contributed by atoms with Gasteiger partial charge in [0.05, 0.1) is 18.1 Å². The van der Waals surface area contributed by atoms with E-state index in [0.29, 0.717) is 16.8 Å². The number of carbonyl (C=O) groups is 1. The number of nitrogens with one attached hydrogen (secondary N) is 2. The maximum Gasteiger partial charge on any atom is 0.274 e. The number of rotatable bonds is 4. The van der Waals surface area contributed by atoms with Crippen molar-refractivity contribution in [1.82, 2.24) is 30.4 Å². The summed E-state index contributed by atoms with van der Waals surface area (Å²) in [6, 6.07) is 5.43. The topological polar surface area (TPSA) is 131 Å². The van der Waals surface area contributed by atoms with Gasteiger partial charge in [-0.2, -0.15) is 5.10 Å². The highest BCUT2D eigenvalue weighted by atomic mass is 16.3. The number of carbonyl (C=O) groups excluding carboxylic acids is 1. The Bertz CT molecular complexity index is 1320. The Labute approximate surface area is 204 Å². The van der Waals surface area contributed by atoms with Crippen LogP contribution >= 0.6 is 0 Å². The summed E-state index contributed by atoms with van der Waals surface area (Å²) in [6.45, 7) is 6.09. The van der Waals surface area contributed by atoms with Gasteiger partial charge in [-0.3, -0.25) is 9.48 Å². The number of nitrogens with zero attached hydrogens (tertiary/aromatic N) is 4. The van der Waals surface area contributed by atoms with E-state index in [1.807, 2.05) is 18.3 Å². The lowest BCUT2D eigenvalue weighted by Gasteiger charge is -2.30. The van der Waals surface area contributed by atoms with E-state index in [-0.39, 0.29) is 34.6 Å². The van der Waals surface area contributed by atoms with Crippen LogP contribution in [0.3, 0.4) is 0 Å². The molecule has 1 aliphatic carbocycles. The maximum absolute atomic E-state index is 13.0. The largest absolute Gasteiger partial charge is 0.507 e. The molecule has 2 aliphatic heterocycles. The number of aromatic hydroxyl groups is 1. The molecule has 1 saturated heterocycles. The van der Waals surface area contributed by atoms with E-state index in [9.17, 15) is 9.90 Å². The van der Waals surface area contributed by atoms with Crippen molar-refractivity contribution < 1.29 is 9.90 Å². The lowest BCUT2D eigenvalue weighted by molar-refractivity contribution is 0.0921. The minimum Gasteiger partial charge on any atom is -0.507 e. The molecule has 0 radical (unpaired) electrons. The summed E-state index contributed by atoms with van der Waals surface area (Å²) in [5.41, 5.74) is 10.6. The summed E-state index contributed by atoms with van der Waals surface area (Å²) in [6.07, 6.45) is 8.74. The first-order chi connectivity index (χ1) is 16.7. The minimum absolute atomic E-state index is 0.0315. The van der Waals surface area contributed by atoms with Crippen molar-refractivity contribution in [3.05, 3.63) is 42.0 Å². The fourth-order valence-electron chi connectivity index (χ4n) is 5.43. The molecule has 1 aromatic carbocycles. The van der Waals surface area contributed by atoms with Crippen molar-refractivity contribution in [2.45, 2.75) is 64.1 Å². The highest BCUT2D eigenvalue weighted by Crippen LogP contribution is 2.42. The lowest BCUT2D eigenvalue weighted by Crippen LogP contribution is -2.50. The van der Waals surface area contributed by atoms with E-state index < -0.39 is 0 Å². The average Bonchev–Trinajstić information content (AvgIpc) is 3.37. The van der Waals surface area contributed by atoms with Crippen LogP contribution in [0.1, 0.15) is 55.7 Å². The fourth-order valence-corrected chi connectivity index (χ4v) is 5.43. The first kappa shape index (κ1) is 22.0. The molecule has 182 valence electrons. The highest BCUT2D eigenvalue weighted by molar-refractivity contribution is 5.97. The molecule has 0 bridgehead atoms. The molecule has 1 amide bonds. The number of fused-ring (bicyclic) bond motifs is 1. The Kier molecular flexibility index (Phi) is 4.90. The molecule has 4 heterocycles. The molecule has 1 spiro atoms. The van der Waals surface area contributed by atoms with E-state index in [1.165, 1.54) is 24.7 Å². The van der Waals surface area contributed by atoms with E-state index >= 15 is 0 Å². The van der Waals surface area contributed by atoms with Crippen LogP contribution in [-0.2, 0) is 13.0 Å². The molecule has 35 heavy (non-hydrogen) atoms. The second-order valence-electron chi connectivity index (χ2n) is 11.1. The van der Waals surface area contributed by atoms with E-state index in [4.69, 9.17) is 5.73 Å². The van der Waals surface area contributed by atoms with Gasteiger partial charge in [-0.05, 0) is 55.2 Å². The van der Waals surface area contributed by atoms with Crippen LogP contribution in [0.15, 0.2) is 30.6 Å². The Hall–Kier alpha value is -3.46. The molecule has 1 atom stereocenters. The maximum atomic E-state index is 13.0. The molecule has 9 nitrogen and oxygen atoms in total. The van der Waals surface area contributed by atoms with Crippen LogP contribution in [0.5, 0.6) is 5.75 Å². The Morgan fingerprint density at radius 2 is 2.06 bits per heavy atom. The normalized spacial score (nSPS) is 21.6. The van der Waals surface area contributed by atoms with Gasteiger partial charge in [0.2, 0.25) is 0 Å². The molecule has 9 heteroatoms. The SMILES string of the molecule is CC1(C)Cc2c(-c3ccc(O)c(-c4cnc(N)c(C(=O)N[C@H]5CCC6(CC6)NC5)n4)c3)cnn2C1. The fraction of sp³-hybridized carbons (Fsp3) is 0.462. The zero-order valence-corrected chi connectivity index (χ0v) is 20.1. The van der Waals surface area contributed by atoms with Crippen molar-refractivity contribution in [1.29, 1.82) is 0 Å². The Balaban J connectivity index is 1.27. The second kappa shape index (κ2) is 7.78. The van der Waals surface area contributed by atoms with Crippen molar-refractivity contribution in [3.63, 3.8) is 0 Å². The first-order valence-corrected chi connectivity index (χ1v) is 12.3. The summed E-state index contributed by atoms with van der Waals surface area (Å²) in [4.78, 5) is 21.8. The Morgan fingerprint density at radius 1 is 1.23 bits per heavy atom. The molecular weight excluding hydrogens is 442 g/mol. The van der Waals surface area contributed by atoms with Gasteiger partial charge in [0.25, 0.3) is 5.91 Å². The highest BCUT2D eigenvalue weighted by Gasteiger charge is 2.45. The first-order valence-electron chi connectivity index (χ1n) is 12.3. The summed E-state index contributed by atoms with van der Waals surface area (Å²) < 4.78 is 2.05. The van der Waals surface area contributed by atoms with Crippen LogP contribution in [0.2, 0.25) is 0 Å². The molecule has 6 rings (SSSR count). The predicted octanol–water partition coefficient (Wildman–Crippen LogP) is 2.89. The third-order valence-electron chi connectivity index (χ3n) is 7.66. The third-order valence-corrected chi connectivity index (χ3v) is 7.66. The molecule has 0 unspecified atom stereocenters. The van der Waals surface area contributed by atoms with Gasteiger partial charge in [-0.25, -0.2) is 9.97 Å². The molecule has 1 saturated carbocycles. The number of nitrogen functional groups attached to an aromatic ring is 1. The van der Waals surface area contributed by atoms with Gasteiger partial charge in [-0.15, -0.1) is 0 Å². The smallest absolute Gasteiger partial charge is 0.274 e. The standard InChI is InChI=1S/C26H31N7O2/c1-25(2)10-20-18(12-30-33(20)14-25)15-3-4-21(34)17(9-15)19-13-28-23(27)22(32-19)24(35)31-16-5-6-26(7-8-26)29-11-16/h3-4,9,12-13,16,29,34H,5-8,10-11,14H2,1-2H3,(H2,27,28)(H,31,35)/t16-/m0/s1. The number of phenols is 1. The number of piperidine rings is 1. The summed E-state index contributed by atoms with van der Waals surface area (Å²) in [7, 11) is 0. The predicted molar refractivity (Wildman–Crippen MR) is 133 cm³/mol. The van der Waals surface area contributed by atoms with Gasteiger partial charge in [0.15, 0.2) is 11.5 Å². The number of hydrogen-bond donors (Lipinski definition) is 4. The third kappa shape index (κ3) is 4.03. The average molecular weight is 474 g/mol. The minimum atomic E-state index is -0.345. The lowest BCUT2D eigenvalue weighted by atomic mass is 9.89. The van der Waals surface area contributed by atoms with E-state index in [0.717, 1.165) is 43.5 Å². The number of anilines is 1. The number of hydrogen-bond acceptors (Lipinski definition) is 7. The number of aromatic nitrogens is 4. The van der Waals surface area contributed by atoms with Gasteiger partial charge in [-0.1, -0.05) is 19.9 Å². The number of phenolic OH excluding ortho intramolecular Hbond substituents is 1. The van der Waals surface area contributed by atoms with Crippen LogP contribution in [0, 0.1) is 5.41 Å².